The highest BCUT2D eigenvalue weighted by atomic mass is 16.5. The number of hydrogen-bond donors (Lipinski definition) is 2. The van der Waals surface area contributed by atoms with Crippen LogP contribution in [0.3, 0.4) is 0 Å². The Balaban J connectivity index is 2.52. The third-order valence-electron chi connectivity index (χ3n) is 3.51. The molecule has 5 nitrogen and oxygen atoms in total. The van der Waals surface area contributed by atoms with Crippen molar-refractivity contribution < 1.29 is 14.4 Å². The maximum absolute atomic E-state index is 11.9. The van der Waals surface area contributed by atoms with Crippen molar-refractivity contribution in [2.75, 3.05) is 6.54 Å². The van der Waals surface area contributed by atoms with Gasteiger partial charge in [0.1, 0.15) is 0 Å². The summed E-state index contributed by atoms with van der Waals surface area (Å²) < 4.78 is 5.11. The quantitative estimate of drug-likeness (QED) is 0.768. The molecule has 1 aromatic heterocycles. The molecule has 2 unspecified atom stereocenters. The first-order chi connectivity index (χ1) is 9.47. The standard InChI is InChI=1S/C15H26N2O3/c1-5-12(6-2)13-8-14(20-17-13)15(19)16-9-10(3)7-11(4)18/h8,10-12,18H,5-7,9H2,1-4H3,(H,16,19). The smallest absolute Gasteiger partial charge is 0.289 e. The van der Waals surface area contributed by atoms with Gasteiger partial charge >= 0.3 is 0 Å². The lowest BCUT2D eigenvalue weighted by Crippen LogP contribution is -2.29. The van der Waals surface area contributed by atoms with Gasteiger partial charge in [-0.1, -0.05) is 25.9 Å². The van der Waals surface area contributed by atoms with Gasteiger partial charge in [-0.25, -0.2) is 0 Å². The van der Waals surface area contributed by atoms with E-state index in [1.54, 1.807) is 13.0 Å². The fourth-order valence-electron chi connectivity index (χ4n) is 2.31. The maximum atomic E-state index is 11.9. The Hall–Kier alpha value is -1.36. The van der Waals surface area contributed by atoms with E-state index in [-0.39, 0.29) is 23.7 Å². The minimum Gasteiger partial charge on any atom is -0.393 e. The first kappa shape index (κ1) is 16.7. The number of carbonyl (C=O) groups is 1. The van der Waals surface area contributed by atoms with Crippen LogP contribution >= 0.6 is 0 Å². The molecular weight excluding hydrogens is 256 g/mol. The molecule has 5 heteroatoms. The van der Waals surface area contributed by atoms with Gasteiger partial charge in [-0.05, 0) is 32.1 Å². The largest absolute Gasteiger partial charge is 0.393 e. The molecular formula is C15H26N2O3. The van der Waals surface area contributed by atoms with Gasteiger partial charge in [0.25, 0.3) is 5.91 Å². The second kappa shape index (κ2) is 8.04. The summed E-state index contributed by atoms with van der Waals surface area (Å²) in [6, 6.07) is 1.73. The van der Waals surface area contributed by atoms with Gasteiger partial charge < -0.3 is 14.9 Å². The summed E-state index contributed by atoms with van der Waals surface area (Å²) in [5.74, 6) is 0.582. The molecule has 0 saturated heterocycles. The number of rotatable bonds is 8. The van der Waals surface area contributed by atoms with Crippen molar-refractivity contribution >= 4 is 5.91 Å². The Morgan fingerprint density at radius 2 is 2.05 bits per heavy atom. The third-order valence-corrected chi connectivity index (χ3v) is 3.51. The zero-order valence-electron chi connectivity index (χ0n) is 12.8. The van der Waals surface area contributed by atoms with E-state index in [0.717, 1.165) is 18.5 Å². The van der Waals surface area contributed by atoms with E-state index in [2.05, 4.69) is 24.3 Å². The van der Waals surface area contributed by atoms with Crippen LogP contribution < -0.4 is 5.32 Å². The summed E-state index contributed by atoms with van der Waals surface area (Å²) in [5.41, 5.74) is 0.845. The van der Waals surface area contributed by atoms with E-state index in [1.807, 2.05) is 6.92 Å². The van der Waals surface area contributed by atoms with Crippen molar-refractivity contribution in [1.29, 1.82) is 0 Å². The molecule has 0 aliphatic rings. The fraction of sp³-hybridized carbons (Fsp3) is 0.733. The highest BCUT2D eigenvalue weighted by Gasteiger charge is 2.18. The van der Waals surface area contributed by atoms with Gasteiger partial charge in [0.05, 0.1) is 11.8 Å². The topological polar surface area (TPSA) is 75.4 Å². The van der Waals surface area contributed by atoms with Crippen molar-refractivity contribution in [1.82, 2.24) is 10.5 Å². The SMILES string of the molecule is CCC(CC)c1cc(C(=O)NCC(C)CC(C)O)on1. The Morgan fingerprint density at radius 1 is 1.40 bits per heavy atom. The van der Waals surface area contributed by atoms with Crippen LogP contribution in [-0.2, 0) is 0 Å². The molecule has 2 atom stereocenters. The Morgan fingerprint density at radius 3 is 2.60 bits per heavy atom. The number of hydrogen-bond acceptors (Lipinski definition) is 4. The number of carbonyl (C=O) groups excluding carboxylic acids is 1. The van der Waals surface area contributed by atoms with E-state index in [0.29, 0.717) is 18.9 Å². The van der Waals surface area contributed by atoms with Crippen molar-refractivity contribution in [2.45, 2.75) is 59.0 Å². The average molecular weight is 282 g/mol. The average Bonchev–Trinajstić information content (AvgIpc) is 2.86. The fourth-order valence-corrected chi connectivity index (χ4v) is 2.31. The summed E-state index contributed by atoms with van der Waals surface area (Å²) in [5, 5.41) is 16.1. The number of aliphatic hydroxyl groups is 1. The van der Waals surface area contributed by atoms with Crippen molar-refractivity contribution in [3.8, 4) is 0 Å². The molecule has 0 aromatic carbocycles. The molecule has 2 N–H and O–H groups in total. The molecule has 1 rings (SSSR count). The maximum Gasteiger partial charge on any atom is 0.289 e. The zero-order valence-corrected chi connectivity index (χ0v) is 12.8. The van der Waals surface area contributed by atoms with Gasteiger partial charge in [-0.2, -0.15) is 0 Å². The van der Waals surface area contributed by atoms with Crippen molar-refractivity contribution in [3.05, 3.63) is 17.5 Å². The first-order valence-corrected chi connectivity index (χ1v) is 7.40. The van der Waals surface area contributed by atoms with E-state index in [4.69, 9.17) is 4.52 Å². The lowest BCUT2D eigenvalue weighted by atomic mass is 9.99. The van der Waals surface area contributed by atoms with E-state index >= 15 is 0 Å². The lowest BCUT2D eigenvalue weighted by Gasteiger charge is -2.13. The van der Waals surface area contributed by atoms with Gasteiger partial charge in [0, 0.05) is 18.5 Å². The monoisotopic (exact) mass is 282 g/mol. The summed E-state index contributed by atoms with van der Waals surface area (Å²) in [6.45, 7) is 8.45. The molecule has 0 aliphatic heterocycles. The molecule has 1 heterocycles. The summed E-state index contributed by atoms with van der Waals surface area (Å²) in [6.07, 6.45) is 2.27. The normalized spacial score (nSPS) is 14.3. The Labute approximate surface area is 120 Å². The molecule has 0 aliphatic carbocycles. The molecule has 0 bridgehead atoms. The summed E-state index contributed by atoms with van der Waals surface area (Å²) in [4.78, 5) is 11.9. The highest BCUT2D eigenvalue weighted by molar-refractivity contribution is 5.91. The van der Waals surface area contributed by atoms with Crippen molar-refractivity contribution in [3.63, 3.8) is 0 Å². The van der Waals surface area contributed by atoms with Gasteiger partial charge in [0.2, 0.25) is 5.76 Å². The minimum atomic E-state index is -0.353. The van der Waals surface area contributed by atoms with E-state index in [1.165, 1.54) is 0 Å². The third kappa shape index (κ3) is 4.96. The highest BCUT2D eigenvalue weighted by Crippen LogP contribution is 2.22. The van der Waals surface area contributed by atoms with Gasteiger partial charge in [-0.3, -0.25) is 4.79 Å². The van der Waals surface area contributed by atoms with Crippen molar-refractivity contribution in [2.24, 2.45) is 5.92 Å². The summed E-state index contributed by atoms with van der Waals surface area (Å²) >= 11 is 0. The predicted molar refractivity (Wildman–Crippen MR) is 77.6 cm³/mol. The summed E-state index contributed by atoms with van der Waals surface area (Å²) in [7, 11) is 0. The second-order valence-electron chi connectivity index (χ2n) is 5.53. The molecule has 0 fully saturated rings. The minimum absolute atomic E-state index is 0.223. The van der Waals surface area contributed by atoms with Gasteiger partial charge in [-0.15, -0.1) is 0 Å². The van der Waals surface area contributed by atoms with Crippen LogP contribution in [0.2, 0.25) is 0 Å². The molecule has 1 amide bonds. The zero-order chi connectivity index (χ0) is 15.1. The second-order valence-corrected chi connectivity index (χ2v) is 5.53. The molecule has 114 valence electrons. The van der Waals surface area contributed by atoms with E-state index < -0.39 is 0 Å². The lowest BCUT2D eigenvalue weighted by molar-refractivity contribution is 0.0902. The predicted octanol–water partition coefficient (Wildman–Crippen LogP) is 2.72. The first-order valence-electron chi connectivity index (χ1n) is 7.40. The van der Waals surface area contributed by atoms with Crippen LogP contribution in [0.25, 0.3) is 0 Å². The number of nitrogens with zero attached hydrogens (tertiary/aromatic N) is 1. The van der Waals surface area contributed by atoms with Crippen LogP contribution in [0.1, 0.15) is 69.1 Å². The van der Waals surface area contributed by atoms with E-state index in [9.17, 15) is 9.90 Å². The Kier molecular flexibility index (Phi) is 6.71. The van der Waals surface area contributed by atoms with Gasteiger partial charge in [0.15, 0.2) is 0 Å². The van der Waals surface area contributed by atoms with Crippen LogP contribution in [0, 0.1) is 5.92 Å². The molecule has 1 aromatic rings. The molecule has 20 heavy (non-hydrogen) atoms. The molecule has 0 radical (unpaired) electrons. The molecule has 0 saturated carbocycles. The number of amides is 1. The van der Waals surface area contributed by atoms with Crippen LogP contribution in [-0.4, -0.2) is 28.8 Å². The number of nitrogens with one attached hydrogen (secondary N) is 1. The number of aromatic nitrogens is 1. The number of aliphatic hydroxyl groups excluding tert-OH is 1. The Bertz CT molecular complexity index is 411. The van der Waals surface area contributed by atoms with Crippen LogP contribution in [0.5, 0.6) is 0 Å². The van der Waals surface area contributed by atoms with Crippen LogP contribution in [0.4, 0.5) is 0 Å². The molecule has 0 spiro atoms. The van der Waals surface area contributed by atoms with Crippen LogP contribution in [0.15, 0.2) is 10.6 Å².